The number of hydrogen-bond donors (Lipinski definition) is 2. The Morgan fingerprint density at radius 3 is 2.78 bits per heavy atom. The summed E-state index contributed by atoms with van der Waals surface area (Å²) in [5.74, 6) is 1.54. The standard InChI is InChI=1S/C19H19N5O3/c1-13-18(21-19(25)24-22-13)23-20-11-15-8-9-16(17(10-15)26-2)27-12-14-6-4-3-5-7-14/h3-11H,12H2,1-2H3,(H2,21,23,24,25)/b20-11-. The molecule has 0 bridgehead atoms. The number of H-pyrrole nitrogens is 1. The Morgan fingerprint density at radius 1 is 1.19 bits per heavy atom. The molecule has 0 unspecified atom stereocenters. The molecule has 0 aliphatic heterocycles. The minimum atomic E-state index is -0.542. The van der Waals surface area contributed by atoms with Crippen LogP contribution in [0.5, 0.6) is 11.5 Å². The van der Waals surface area contributed by atoms with Gasteiger partial charge in [0.25, 0.3) is 0 Å². The first kappa shape index (κ1) is 18.1. The van der Waals surface area contributed by atoms with Gasteiger partial charge in [0.05, 0.1) is 13.3 Å². The number of methoxy groups -OCH3 is 1. The number of nitrogens with zero attached hydrogens (tertiary/aromatic N) is 3. The first-order valence-electron chi connectivity index (χ1n) is 8.23. The predicted octanol–water partition coefficient (Wildman–Crippen LogP) is 2.51. The van der Waals surface area contributed by atoms with Crippen LogP contribution in [0.1, 0.15) is 16.8 Å². The summed E-state index contributed by atoms with van der Waals surface area (Å²) in [6.07, 6.45) is 1.59. The van der Waals surface area contributed by atoms with Gasteiger partial charge in [-0.25, -0.2) is 9.89 Å². The van der Waals surface area contributed by atoms with Gasteiger partial charge in [-0.1, -0.05) is 30.3 Å². The van der Waals surface area contributed by atoms with E-state index >= 15 is 0 Å². The van der Waals surface area contributed by atoms with Crippen LogP contribution in [0.15, 0.2) is 58.4 Å². The fourth-order valence-electron chi connectivity index (χ4n) is 2.28. The number of aryl methyl sites for hydroxylation is 1. The molecule has 0 saturated heterocycles. The topological polar surface area (TPSA) is 101 Å². The van der Waals surface area contributed by atoms with E-state index in [0.29, 0.717) is 29.6 Å². The largest absolute Gasteiger partial charge is 0.493 e. The monoisotopic (exact) mass is 365 g/mol. The average Bonchev–Trinajstić information content (AvgIpc) is 2.70. The second-order valence-corrected chi connectivity index (χ2v) is 5.63. The molecule has 8 nitrogen and oxygen atoms in total. The number of ether oxygens (including phenoxy) is 2. The fourth-order valence-corrected chi connectivity index (χ4v) is 2.28. The van der Waals surface area contributed by atoms with Crippen molar-refractivity contribution in [2.24, 2.45) is 5.10 Å². The lowest BCUT2D eigenvalue weighted by Crippen LogP contribution is -2.15. The highest BCUT2D eigenvalue weighted by atomic mass is 16.5. The van der Waals surface area contributed by atoms with E-state index in [9.17, 15) is 4.79 Å². The second kappa shape index (κ2) is 8.61. The van der Waals surface area contributed by atoms with Crippen LogP contribution in [0, 0.1) is 6.92 Å². The molecule has 138 valence electrons. The average molecular weight is 365 g/mol. The summed E-state index contributed by atoms with van der Waals surface area (Å²) in [5.41, 5.74) is 4.57. The minimum absolute atomic E-state index is 0.296. The van der Waals surface area contributed by atoms with Gasteiger partial charge in [-0.2, -0.15) is 15.2 Å². The van der Waals surface area contributed by atoms with Crippen molar-refractivity contribution >= 4 is 12.0 Å². The summed E-state index contributed by atoms with van der Waals surface area (Å²) in [4.78, 5) is 15.0. The van der Waals surface area contributed by atoms with E-state index in [0.717, 1.165) is 11.1 Å². The Balaban J connectivity index is 1.68. The molecule has 0 atom stereocenters. The number of aromatic amines is 1. The van der Waals surface area contributed by atoms with E-state index in [2.05, 4.69) is 25.7 Å². The number of benzene rings is 2. The lowest BCUT2D eigenvalue weighted by Gasteiger charge is -2.11. The first-order valence-corrected chi connectivity index (χ1v) is 8.23. The van der Waals surface area contributed by atoms with Gasteiger partial charge >= 0.3 is 5.69 Å². The van der Waals surface area contributed by atoms with Crippen LogP contribution in [0.2, 0.25) is 0 Å². The number of aromatic nitrogens is 3. The third-order valence-electron chi connectivity index (χ3n) is 3.68. The van der Waals surface area contributed by atoms with E-state index in [1.807, 2.05) is 48.5 Å². The van der Waals surface area contributed by atoms with E-state index in [1.165, 1.54) is 0 Å². The summed E-state index contributed by atoms with van der Waals surface area (Å²) in [6, 6.07) is 15.4. The lowest BCUT2D eigenvalue weighted by atomic mass is 10.2. The highest BCUT2D eigenvalue weighted by Crippen LogP contribution is 2.28. The maximum atomic E-state index is 11.2. The predicted molar refractivity (Wildman–Crippen MR) is 102 cm³/mol. The fraction of sp³-hybridized carbons (Fsp3) is 0.158. The number of anilines is 1. The van der Waals surface area contributed by atoms with Gasteiger partial charge in [0.2, 0.25) is 0 Å². The van der Waals surface area contributed by atoms with Gasteiger partial charge < -0.3 is 9.47 Å². The molecule has 0 amide bonds. The summed E-state index contributed by atoms with van der Waals surface area (Å²) >= 11 is 0. The van der Waals surface area contributed by atoms with Crippen molar-refractivity contribution in [3.63, 3.8) is 0 Å². The Hall–Kier alpha value is -3.68. The Labute approximate surface area is 155 Å². The molecule has 3 rings (SSSR count). The number of hydrazone groups is 1. The van der Waals surface area contributed by atoms with E-state index < -0.39 is 5.69 Å². The van der Waals surface area contributed by atoms with E-state index in [1.54, 1.807) is 20.2 Å². The number of nitrogens with one attached hydrogen (secondary N) is 2. The molecule has 0 aliphatic rings. The molecule has 27 heavy (non-hydrogen) atoms. The van der Waals surface area contributed by atoms with Crippen LogP contribution in [0.4, 0.5) is 5.82 Å². The van der Waals surface area contributed by atoms with Gasteiger partial charge in [-0.15, -0.1) is 0 Å². The molecule has 8 heteroatoms. The molecule has 3 aromatic rings. The molecule has 0 fully saturated rings. The van der Waals surface area contributed by atoms with Crippen LogP contribution in [0.3, 0.4) is 0 Å². The maximum Gasteiger partial charge on any atom is 0.363 e. The van der Waals surface area contributed by atoms with Crippen LogP contribution in [0.25, 0.3) is 0 Å². The van der Waals surface area contributed by atoms with Crippen molar-refractivity contribution < 1.29 is 9.47 Å². The van der Waals surface area contributed by atoms with Gasteiger partial charge in [-0.3, -0.25) is 5.43 Å². The second-order valence-electron chi connectivity index (χ2n) is 5.63. The zero-order valence-electron chi connectivity index (χ0n) is 15.0. The van der Waals surface area contributed by atoms with Crippen molar-refractivity contribution in [1.82, 2.24) is 15.2 Å². The van der Waals surface area contributed by atoms with Crippen LogP contribution in [-0.2, 0) is 6.61 Å². The summed E-state index contributed by atoms with van der Waals surface area (Å²) in [5, 5.41) is 10.2. The van der Waals surface area contributed by atoms with Gasteiger partial charge in [0.15, 0.2) is 17.3 Å². The van der Waals surface area contributed by atoms with Crippen molar-refractivity contribution in [1.29, 1.82) is 0 Å². The van der Waals surface area contributed by atoms with Gasteiger partial charge in [0.1, 0.15) is 12.3 Å². The Bertz CT molecular complexity index is 986. The number of rotatable bonds is 7. The molecule has 1 heterocycles. The minimum Gasteiger partial charge on any atom is -0.493 e. The maximum absolute atomic E-state index is 11.2. The van der Waals surface area contributed by atoms with Crippen LogP contribution >= 0.6 is 0 Å². The molecule has 0 spiro atoms. The smallest absolute Gasteiger partial charge is 0.363 e. The Kier molecular flexibility index (Phi) is 5.78. The molecule has 2 N–H and O–H groups in total. The molecular formula is C19H19N5O3. The summed E-state index contributed by atoms with van der Waals surface area (Å²) in [6.45, 7) is 2.16. The van der Waals surface area contributed by atoms with Crippen LogP contribution < -0.4 is 20.6 Å². The highest BCUT2D eigenvalue weighted by Gasteiger charge is 2.06. The Morgan fingerprint density at radius 2 is 2.00 bits per heavy atom. The summed E-state index contributed by atoms with van der Waals surface area (Å²) < 4.78 is 11.2. The molecular weight excluding hydrogens is 346 g/mol. The highest BCUT2D eigenvalue weighted by molar-refractivity contribution is 5.81. The number of hydrogen-bond acceptors (Lipinski definition) is 7. The molecule has 0 radical (unpaired) electrons. The quantitative estimate of drug-likeness (QED) is 0.493. The van der Waals surface area contributed by atoms with Gasteiger partial charge in [0, 0.05) is 0 Å². The molecule has 1 aromatic heterocycles. The molecule has 0 aliphatic carbocycles. The lowest BCUT2D eigenvalue weighted by molar-refractivity contribution is 0.284. The first-order chi connectivity index (χ1) is 13.2. The zero-order valence-corrected chi connectivity index (χ0v) is 15.0. The van der Waals surface area contributed by atoms with E-state index in [4.69, 9.17) is 9.47 Å². The third kappa shape index (κ3) is 4.91. The van der Waals surface area contributed by atoms with Gasteiger partial charge in [-0.05, 0) is 36.2 Å². The van der Waals surface area contributed by atoms with Crippen molar-refractivity contribution in [3.8, 4) is 11.5 Å². The normalized spacial score (nSPS) is 10.7. The van der Waals surface area contributed by atoms with Crippen molar-refractivity contribution in [2.45, 2.75) is 13.5 Å². The zero-order chi connectivity index (χ0) is 19.1. The molecule has 2 aromatic carbocycles. The van der Waals surface area contributed by atoms with Crippen molar-refractivity contribution in [3.05, 3.63) is 75.8 Å². The summed E-state index contributed by atoms with van der Waals surface area (Å²) in [7, 11) is 1.58. The molecule has 0 saturated carbocycles. The van der Waals surface area contributed by atoms with Crippen molar-refractivity contribution in [2.75, 3.05) is 12.5 Å². The SMILES string of the molecule is COc1cc(/C=N\Nc2nc(=O)[nH]nc2C)ccc1OCc1ccccc1. The van der Waals surface area contributed by atoms with E-state index in [-0.39, 0.29) is 0 Å². The third-order valence-corrected chi connectivity index (χ3v) is 3.68. The van der Waals surface area contributed by atoms with Crippen LogP contribution in [-0.4, -0.2) is 28.5 Å².